The Morgan fingerprint density at radius 3 is 3.20 bits per heavy atom. The summed E-state index contributed by atoms with van der Waals surface area (Å²) in [6, 6.07) is 3.59. The van der Waals surface area contributed by atoms with Gasteiger partial charge in [-0.3, -0.25) is 0 Å². The standard InChI is InChI=1S/C6H5N3O/c7-9-5-2-1-4-3-8-10-6(4)5/h1-3,7-8H. The van der Waals surface area contributed by atoms with Gasteiger partial charge in [0.1, 0.15) is 5.69 Å². The molecule has 10 heavy (non-hydrogen) atoms. The van der Waals surface area contributed by atoms with Crippen molar-refractivity contribution >= 4 is 5.69 Å². The van der Waals surface area contributed by atoms with Crippen molar-refractivity contribution < 1.29 is 4.52 Å². The zero-order valence-corrected chi connectivity index (χ0v) is 5.09. The van der Waals surface area contributed by atoms with Gasteiger partial charge in [0.15, 0.2) is 5.76 Å². The molecular formula is C6H5N3O. The van der Waals surface area contributed by atoms with Crippen LogP contribution in [0, 0.1) is 5.53 Å². The molecule has 1 aliphatic carbocycles. The van der Waals surface area contributed by atoms with Crippen molar-refractivity contribution in [2.24, 2.45) is 5.11 Å². The van der Waals surface area contributed by atoms with Crippen molar-refractivity contribution in [2.75, 3.05) is 0 Å². The van der Waals surface area contributed by atoms with E-state index >= 15 is 0 Å². The van der Waals surface area contributed by atoms with E-state index in [1.54, 1.807) is 12.3 Å². The Hall–Kier alpha value is -1.58. The molecule has 0 bridgehead atoms. The molecule has 0 radical (unpaired) electrons. The van der Waals surface area contributed by atoms with Gasteiger partial charge in [0.2, 0.25) is 0 Å². The van der Waals surface area contributed by atoms with Crippen LogP contribution in [0.25, 0.3) is 11.3 Å². The van der Waals surface area contributed by atoms with Gasteiger partial charge >= 0.3 is 0 Å². The van der Waals surface area contributed by atoms with Crippen LogP contribution in [0.3, 0.4) is 0 Å². The highest BCUT2D eigenvalue weighted by Crippen LogP contribution is 2.33. The zero-order valence-electron chi connectivity index (χ0n) is 5.09. The summed E-state index contributed by atoms with van der Waals surface area (Å²) in [5, 5.41) is 5.84. The fourth-order valence-corrected chi connectivity index (χ4v) is 0.933. The molecule has 1 heterocycles. The summed E-state index contributed by atoms with van der Waals surface area (Å²) in [5.74, 6) is 0.648. The summed E-state index contributed by atoms with van der Waals surface area (Å²) in [5.41, 5.74) is 8.25. The van der Waals surface area contributed by atoms with Crippen LogP contribution in [-0.4, -0.2) is 5.16 Å². The summed E-state index contributed by atoms with van der Waals surface area (Å²) < 4.78 is 4.94. The van der Waals surface area contributed by atoms with Crippen LogP contribution in [-0.2, 0) is 0 Å². The molecule has 2 aliphatic rings. The highest BCUT2D eigenvalue weighted by Gasteiger charge is 2.11. The first kappa shape index (κ1) is 5.22. The quantitative estimate of drug-likeness (QED) is 0.579. The summed E-state index contributed by atoms with van der Waals surface area (Å²) in [6.07, 6.45) is 1.73. The molecule has 2 rings (SSSR count). The molecule has 0 unspecified atom stereocenters. The topological polar surface area (TPSA) is 65.1 Å². The van der Waals surface area contributed by atoms with Gasteiger partial charge in [-0.1, -0.05) is 0 Å². The Morgan fingerprint density at radius 1 is 1.50 bits per heavy atom. The van der Waals surface area contributed by atoms with Crippen molar-refractivity contribution in [3.05, 3.63) is 18.3 Å². The Labute approximate surface area is 56.7 Å². The fraction of sp³-hybridized carbons (Fsp3) is 0. The van der Waals surface area contributed by atoms with Crippen LogP contribution in [0.4, 0.5) is 5.69 Å². The first-order valence-electron chi connectivity index (χ1n) is 2.84. The van der Waals surface area contributed by atoms with Gasteiger partial charge in [0, 0.05) is 11.8 Å². The largest absolute Gasteiger partial charge is 0.380 e. The second-order valence-corrected chi connectivity index (χ2v) is 1.98. The third-order valence-corrected chi connectivity index (χ3v) is 1.41. The number of hydrogen-bond donors (Lipinski definition) is 2. The maximum atomic E-state index is 6.73. The smallest absolute Gasteiger partial charge is 0.191 e. The molecule has 0 saturated carbocycles. The number of fused-ring (bicyclic) bond motifs is 1. The number of rotatable bonds is 1. The van der Waals surface area contributed by atoms with Gasteiger partial charge in [0.05, 0.1) is 0 Å². The molecule has 0 aromatic rings. The van der Waals surface area contributed by atoms with Crippen molar-refractivity contribution in [3.8, 4) is 11.3 Å². The maximum absolute atomic E-state index is 6.73. The minimum atomic E-state index is 0.566. The Balaban J connectivity index is 2.71. The van der Waals surface area contributed by atoms with Crippen LogP contribution in [0.15, 0.2) is 28.0 Å². The normalized spacial score (nSPS) is 10.4. The molecule has 2 N–H and O–H groups in total. The fourth-order valence-electron chi connectivity index (χ4n) is 0.933. The molecule has 4 nitrogen and oxygen atoms in total. The monoisotopic (exact) mass is 135 g/mol. The summed E-state index contributed by atoms with van der Waals surface area (Å²) in [7, 11) is 0. The Morgan fingerprint density at radius 2 is 2.40 bits per heavy atom. The molecule has 0 spiro atoms. The SMILES string of the molecule is N=Nc1ccc2c[nH]oc1-2. The number of H-pyrrole nitrogens is 1. The molecular weight excluding hydrogens is 130 g/mol. The lowest BCUT2D eigenvalue weighted by molar-refractivity contribution is 0.435. The molecule has 0 fully saturated rings. The average Bonchev–Trinajstić information content (AvgIpc) is 2.44. The van der Waals surface area contributed by atoms with Gasteiger partial charge in [-0.25, -0.2) is 10.7 Å². The minimum Gasteiger partial charge on any atom is -0.380 e. The minimum absolute atomic E-state index is 0.566. The first-order valence-corrected chi connectivity index (χ1v) is 2.84. The number of nitrogens with one attached hydrogen (secondary N) is 2. The molecule has 0 saturated heterocycles. The van der Waals surface area contributed by atoms with E-state index in [0.717, 1.165) is 5.56 Å². The molecule has 0 aromatic heterocycles. The summed E-state index contributed by atoms with van der Waals surface area (Å²) in [6.45, 7) is 0. The van der Waals surface area contributed by atoms with Crippen LogP contribution in [0.2, 0.25) is 0 Å². The lowest BCUT2D eigenvalue weighted by Crippen LogP contribution is -1.57. The number of hydrogen-bond acceptors (Lipinski definition) is 3. The van der Waals surface area contributed by atoms with Gasteiger partial charge in [0.25, 0.3) is 0 Å². The Bertz CT molecular complexity index is 322. The van der Waals surface area contributed by atoms with E-state index < -0.39 is 0 Å². The van der Waals surface area contributed by atoms with E-state index in [0.29, 0.717) is 11.4 Å². The molecule has 4 heteroatoms. The predicted octanol–water partition coefficient (Wildman–Crippen LogP) is 2.37. The molecule has 0 atom stereocenters. The Kier molecular flexibility index (Phi) is 0.887. The number of aromatic nitrogens is 1. The van der Waals surface area contributed by atoms with E-state index in [1.807, 2.05) is 6.07 Å². The number of nitrogens with zero attached hydrogens (tertiary/aromatic N) is 1. The van der Waals surface area contributed by atoms with Crippen LogP contribution in [0.5, 0.6) is 0 Å². The summed E-state index contributed by atoms with van der Waals surface area (Å²) >= 11 is 0. The van der Waals surface area contributed by atoms with Crippen molar-refractivity contribution in [2.45, 2.75) is 0 Å². The van der Waals surface area contributed by atoms with E-state index in [1.165, 1.54) is 0 Å². The lowest BCUT2D eigenvalue weighted by Gasteiger charge is -1.82. The van der Waals surface area contributed by atoms with E-state index in [9.17, 15) is 0 Å². The van der Waals surface area contributed by atoms with Gasteiger partial charge in [-0.15, -0.1) is 0 Å². The second-order valence-electron chi connectivity index (χ2n) is 1.98. The predicted molar refractivity (Wildman–Crippen MR) is 34.5 cm³/mol. The third kappa shape index (κ3) is 0.500. The van der Waals surface area contributed by atoms with Gasteiger partial charge < -0.3 is 4.52 Å². The van der Waals surface area contributed by atoms with Crippen molar-refractivity contribution in [1.29, 1.82) is 5.53 Å². The van der Waals surface area contributed by atoms with E-state index in [2.05, 4.69) is 10.3 Å². The third-order valence-electron chi connectivity index (χ3n) is 1.41. The number of aromatic amines is 1. The van der Waals surface area contributed by atoms with Crippen LogP contribution < -0.4 is 0 Å². The van der Waals surface area contributed by atoms with Crippen LogP contribution >= 0.6 is 0 Å². The van der Waals surface area contributed by atoms with Gasteiger partial charge in [-0.2, -0.15) is 5.11 Å². The molecule has 0 aromatic carbocycles. The highest BCUT2D eigenvalue weighted by atomic mass is 16.5. The van der Waals surface area contributed by atoms with Crippen molar-refractivity contribution in [3.63, 3.8) is 0 Å². The lowest BCUT2D eigenvalue weighted by atomic mass is 10.3. The van der Waals surface area contributed by atoms with Crippen LogP contribution in [0.1, 0.15) is 0 Å². The second kappa shape index (κ2) is 1.70. The van der Waals surface area contributed by atoms with Crippen molar-refractivity contribution in [1.82, 2.24) is 5.16 Å². The first-order chi connectivity index (χ1) is 4.92. The molecule has 50 valence electrons. The summed E-state index contributed by atoms with van der Waals surface area (Å²) in [4.78, 5) is 0. The van der Waals surface area contributed by atoms with E-state index in [4.69, 9.17) is 10.1 Å². The molecule has 1 aliphatic heterocycles. The van der Waals surface area contributed by atoms with Gasteiger partial charge in [-0.05, 0) is 12.1 Å². The maximum Gasteiger partial charge on any atom is 0.191 e. The highest BCUT2D eigenvalue weighted by molar-refractivity contribution is 5.73. The zero-order chi connectivity index (χ0) is 6.97. The molecule has 0 amide bonds. The average molecular weight is 135 g/mol. The van der Waals surface area contributed by atoms with E-state index in [-0.39, 0.29) is 0 Å².